The van der Waals surface area contributed by atoms with Crippen LogP contribution in [0.3, 0.4) is 0 Å². The minimum atomic E-state index is -0.409. The molecule has 0 heterocycles. The molecule has 0 saturated carbocycles. The molecule has 0 aliphatic heterocycles. The summed E-state index contributed by atoms with van der Waals surface area (Å²) in [4.78, 5) is 11.0. The van der Waals surface area contributed by atoms with Gasteiger partial charge in [-0.1, -0.05) is 12.1 Å². The average Bonchev–Trinajstić information content (AvgIpc) is 2.21. The van der Waals surface area contributed by atoms with E-state index < -0.39 is 6.10 Å². The van der Waals surface area contributed by atoms with E-state index in [2.05, 4.69) is 0 Å². The molecule has 1 aromatic carbocycles. The first-order valence-corrected chi connectivity index (χ1v) is 5.00. The first kappa shape index (κ1) is 11.7. The third-order valence-electron chi connectivity index (χ3n) is 2.21. The fourth-order valence-corrected chi connectivity index (χ4v) is 1.15. The van der Waals surface area contributed by atoms with Crippen LogP contribution in [-0.2, 0) is 11.2 Å². The molecule has 1 N–H and O–H groups in total. The summed E-state index contributed by atoms with van der Waals surface area (Å²) in [6, 6.07) is 7.39. The Kier molecular flexibility index (Phi) is 4.31. The lowest BCUT2D eigenvalue weighted by Crippen LogP contribution is -2.20. The summed E-state index contributed by atoms with van der Waals surface area (Å²) < 4.78 is 5.40. The van der Waals surface area contributed by atoms with Crippen LogP contribution in [0.4, 0.5) is 0 Å². The van der Waals surface area contributed by atoms with Crippen LogP contribution in [0.25, 0.3) is 0 Å². The first-order valence-electron chi connectivity index (χ1n) is 5.00. The van der Waals surface area contributed by atoms with E-state index in [1.54, 1.807) is 6.92 Å². The Hall–Kier alpha value is -1.35. The largest absolute Gasteiger partial charge is 0.483 e. The van der Waals surface area contributed by atoms with Gasteiger partial charge < -0.3 is 9.84 Å². The zero-order chi connectivity index (χ0) is 11.3. The van der Waals surface area contributed by atoms with E-state index >= 15 is 0 Å². The summed E-state index contributed by atoms with van der Waals surface area (Å²) in [5.74, 6) is 0.689. The maximum Gasteiger partial charge on any atom is 0.169 e. The highest BCUT2D eigenvalue weighted by Crippen LogP contribution is 2.14. The molecule has 3 nitrogen and oxygen atoms in total. The van der Waals surface area contributed by atoms with Crippen LogP contribution in [0.5, 0.6) is 5.75 Å². The molecule has 0 fully saturated rings. The molecule has 1 rings (SSSR count). The molecule has 0 amide bonds. The molecular weight excluding hydrogens is 192 g/mol. The van der Waals surface area contributed by atoms with E-state index in [1.165, 1.54) is 6.92 Å². The van der Waals surface area contributed by atoms with Crippen molar-refractivity contribution in [2.24, 2.45) is 0 Å². The van der Waals surface area contributed by atoms with Gasteiger partial charge in [0.25, 0.3) is 0 Å². The molecule has 1 aromatic rings. The molecule has 0 spiro atoms. The number of hydrogen-bond donors (Lipinski definition) is 1. The van der Waals surface area contributed by atoms with Crippen molar-refractivity contribution in [1.82, 2.24) is 0 Å². The van der Waals surface area contributed by atoms with E-state index in [1.807, 2.05) is 24.3 Å². The van der Waals surface area contributed by atoms with Gasteiger partial charge in [0.1, 0.15) is 5.75 Å². The van der Waals surface area contributed by atoms with Gasteiger partial charge in [-0.05, 0) is 38.0 Å². The number of ketones is 1. The summed E-state index contributed by atoms with van der Waals surface area (Å²) in [5, 5.41) is 8.73. The van der Waals surface area contributed by atoms with E-state index in [4.69, 9.17) is 9.84 Å². The molecule has 0 saturated heterocycles. The lowest BCUT2D eigenvalue weighted by molar-refractivity contribution is -0.122. The van der Waals surface area contributed by atoms with Crippen LogP contribution in [0, 0.1) is 0 Å². The summed E-state index contributed by atoms with van der Waals surface area (Å²) in [5.41, 5.74) is 1.06. The van der Waals surface area contributed by atoms with Crippen molar-refractivity contribution in [3.05, 3.63) is 29.8 Å². The van der Waals surface area contributed by atoms with Crippen molar-refractivity contribution in [3.63, 3.8) is 0 Å². The Morgan fingerprint density at radius 3 is 2.47 bits per heavy atom. The number of aliphatic hydroxyl groups is 1. The second-order valence-corrected chi connectivity index (χ2v) is 3.49. The smallest absolute Gasteiger partial charge is 0.169 e. The second kappa shape index (κ2) is 5.51. The highest BCUT2D eigenvalue weighted by atomic mass is 16.5. The number of Topliss-reactive ketones (excluding diaryl/α,β-unsaturated/α-hetero) is 1. The Bertz CT molecular complexity index is 316. The summed E-state index contributed by atoms with van der Waals surface area (Å²) >= 11 is 0. The van der Waals surface area contributed by atoms with Crippen LogP contribution >= 0.6 is 0 Å². The first-order chi connectivity index (χ1) is 7.13. The van der Waals surface area contributed by atoms with Crippen LogP contribution < -0.4 is 4.74 Å². The van der Waals surface area contributed by atoms with Gasteiger partial charge in [0.15, 0.2) is 11.9 Å². The minimum absolute atomic E-state index is 0.00874. The monoisotopic (exact) mass is 208 g/mol. The molecule has 15 heavy (non-hydrogen) atoms. The van der Waals surface area contributed by atoms with Crippen LogP contribution in [0.2, 0.25) is 0 Å². The fraction of sp³-hybridized carbons (Fsp3) is 0.417. The third kappa shape index (κ3) is 3.72. The van der Waals surface area contributed by atoms with E-state index in [9.17, 15) is 4.79 Å². The van der Waals surface area contributed by atoms with Crippen molar-refractivity contribution in [2.45, 2.75) is 26.4 Å². The lowest BCUT2D eigenvalue weighted by atomic mass is 10.1. The molecule has 3 heteroatoms. The molecular formula is C12H16O3. The number of benzene rings is 1. The van der Waals surface area contributed by atoms with Gasteiger partial charge in [-0.3, -0.25) is 4.79 Å². The average molecular weight is 208 g/mol. The van der Waals surface area contributed by atoms with Crippen molar-refractivity contribution in [2.75, 3.05) is 6.61 Å². The Morgan fingerprint density at radius 1 is 1.40 bits per heavy atom. The van der Waals surface area contributed by atoms with Gasteiger partial charge in [0, 0.05) is 6.61 Å². The van der Waals surface area contributed by atoms with Crippen molar-refractivity contribution in [1.29, 1.82) is 0 Å². The highest BCUT2D eigenvalue weighted by molar-refractivity contribution is 5.80. The number of carbonyl (C=O) groups excluding carboxylic acids is 1. The zero-order valence-corrected chi connectivity index (χ0v) is 9.06. The van der Waals surface area contributed by atoms with Crippen LogP contribution in [-0.4, -0.2) is 23.6 Å². The quantitative estimate of drug-likeness (QED) is 0.799. The predicted octanol–water partition coefficient (Wildman–Crippen LogP) is 1.58. The topological polar surface area (TPSA) is 46.5 Å². The molecule has 0 bridgehead atoms. The van der Waals surface area contributed by atoms with Crippen molar-refractivity contribution < 1.29 is 14.6 Å². The molecule has 82 valence electrons. The number of aliphatic hydroxyl groups excluding tert-OH is 1. The van der Waals surface area contributed by atoms with E-state index in [0.29, 0.717) is 12.2 Å². The SMILES string of the molecule is CC(=O)C(C)Oc1ccc(CCO)cc1. The standard InChI is InChI=1S/C12H16O3/c1-9(14)10(2)15-12-5-3-11(4-6-12)7-8-13/h3-6,10,13H,7-8H2,1-2H3. The van der Waals surface area contributed by atoms with Gasteiger partial charge in [-0.25, -0.2) is 0 Å². The maximum absolute atomic E-state index is 11.0. The van der Waals surface area contributed by atoms with Crippen molar-refractivity contribution >= 4 is 5.78 Å². The molecule has 1 unspecified atom stereocenters. The highest BCUT2D eigenvalue weighted by Gasteiger charge is 2.08. The summed E-state index contributed by atoms with van der Waals surface area (Å²) in [6.07, 6.45) is 0.233. The molecule has 0 aliphatic rings. The minimum Gasteiger partial charge on any atom is -0.483 e. The van der Waals surface area contributed by atoms with Gasteiger partial charge in [0.2, 0.25) is 0 Å². The lowest BCUT2D eigenvalue weighted by Gasteiger charge is -2.11. The van der Waals surface area contributed by atoms with Gasteiger partial charge >= 0.3 is 0 Å². The Morgan fingerprint density at radius 2 is 2.00 bits per heavy atom. The van der Waals surface area contributed by atoms with Crippen LogP contribution in [0.15, 0.2) is 24.3 Å². The Balaban J connectivity index is 2.60. The number of hydrogen-bond acceptors (Lipinski definition) is 3. The van der Waals surface area contributed by atoms with Gasteiger partial charge in [-0.15, -0.1) is 0 Å². The molecule has 1 atom stereocenters. The Labute approximate surface area is 89.7 Å². The zero-order valence-electron chi connectivity index (χ0n) is 9.06. The normalized spacial score (nSPS) is 12.2. The van der Waals surface area contributed by atoms with E-state index in [0.717, 1.165) is 5.56 Å². The molecule has 0 aliphatic carbocycles. The number of rotatable bonds is 5. The number of ether oxygens (including phenoxy) is 1. The summed E-state index contributed by atoms with van der Waals surface area (Å²) in [7, 11) is 0. The van der Waals surface area contributed by atoms with Gasteiger partial charge in [0.05, 0.1) is 0 Å². The fourth-order valence-electron chi connectivity index (χ4n) is 1.15. The van der Waals surface area contributed by atoms with Crippen molar-refractivity contribution in [3.8, 4) is 5.75 Å². The second-order valence-electron chi connectivity index (χ2n) is 3.49. The van der Waals surface area contributed by atoms with E-state index in [-0.39, 0.29) is 12.4 Å². The molecule has 0 radical (unpaired) electrons. The molecule has 0 aromatic heterocycles. The third-order valence-corrected chi connectivity index (χ3v) is 2.21. The van der Waals surface area contributed by atoms with Crippen LogP contribution in [0.1, 0.15) is 19.4 Å². The number of carbonyl (C=O) groups is 1. The summed E-state index contributed by atoms with van der Waals surface area (Å²) in [6.45, 7) is 3.37. The maximum atomic E-state index is 11.0. The van der Waals surface area contributed by atoms with Gasteiger partial charge in [-0.2, -0.15) is 0 Å². The predicted molar refractivity (Wildman–Crippen MR) is 58.0 cm³/mol.